The number of hydrogen-bond donors (Lipinski definition) is 0. The van der Waals surface area contributed by atoms with Crippen LogP contribution in [0.2, 0.25) is 0 Å². The third-order valence-corrected chi connectivity index (χ3v) is 3.68. The maximum absolute atomic E-state index is 2.29. The molecular weight excluding hydrogens is 331 g/mol. The first-order valence-corrected chi connectivity index (χ1v) is 7.28. The first-order chi connectivity index (χ1) is 8.92. The Bertz CT molecular complexity index is 545. The second kappa shape index (κ2) is 5.11. The lowest BCUT2D eigenvalue weighted by molar-refractivity contribution is 1.27. The molecule has 1 heteroatoms. The molecule has 0 saturated carbocycles. The minimum Gasteiger partial charge on any atom is -0.0665 e. The molecule has 3 rings (SSSR count). The van der Waals surface area contributed by atoms with Gasteiger partial charge < -0.3 is 0 Å². The predicted octanol–water partition coefficient (Wildman–Crippen LogP) is 5.18. The quantitative estimate of drug-likeness (QED) is 0.674. The van der Waals surface area contributed by atoms with Crippen LogP contribution >= 0.6 is 22.6 Å². The molecule has 0 radical (unpaired) electrons. The van der Waals surface area contributed by atoms with E-state index in [1.165, 1.54) is 22.3 Å². The molecule has 0 saturated heterocycles. The monoisotopic (exact) mass is 344 g/mol. The van der Waals surface area contributed by atoms with Crippen LogP contribution in [0, 0.1) is 5.92 Å². The number of hydrogen-bond acceptors (Lipinski definition) is 0. The van der Waals surface area contributed by atoms with E-state index < -0.39 is 0 Å². The lowest BCUT2D eigenvalue weighted by Gasteiger charge is -1.94. The Hall–Kier alpha value is -1.35. The smallest absolute Gasteiger partial charge is 0.0295 e. The van der Waals surface area contributed by atoms with E-state index in [0.29, 0.717) is 5.92 Å². The molecule has 2 aromatic carbocycles. The van der Waals surface area contributed by atoms with Crippen molar-refractivity contribution in [1.29, 1.82) is 0 Å². The lowest BCUT2D eigenvalue weighted by Crippen LogP contribution is -1.78. The van der Waals surface area contributed by atoms with Gasteiger partial charge in [-0.3, -0.25) is 0 Å². The van der Waals surface area contributed by atoms with Gasteiger partial charge in [-0.05, 0) is 26.4 Å². The molecule has 88 valence electrons. The molecule has 0 aromatic heterocycles. The van der Waals surface area contributed by atoms with Gasteiger partial charge in [-0.1, -0.05) is 89.3 Å². The van der Waals surface area contributed by atoms with Crippen molar-refractivity contribution < 1.29 is 0 Å². The highest BCUT2D eigenvalue weighted by Crippen LogP contribution is 2.53. The third-order valence-electron chi connectivity index (χ3n) is 3.26. The summed E-state index contributed by atoms with van der Waals surface area (Å²) in [7, 11) is 0. The molecule has 0 N–H and O–H groups in total. The van der Waals surface area contributed by atoms with Crippen molar-refractivity contribution in [3.8, 4) is 0 Å². The van der Waals surface area contributed by atoms with E-state index in [1.54, 1.807) is 0 Å². The van der Waals surface area contributed by atoms with Crippen molar-refractivity contribution in [3.05, 3.63) is 81.9 Å². The molecule has 0 heterocycles. The number of benzene rings is 2. The summed E-state index contributed by atoms with van der Waals surface area (Å²) in [5.41, 5.74) is 5.62. The van der Waals surface area contributed by atoms with E-state index in [1.807, 2.05) is 0 Å². The fourth-order valence-corrected chi connectivity index (χ4v) is 2.83. The molecular formula is C17H13I. The van der Waals surface area contributed by atoms with Crippen LogP contribution in [0.1, 0.15) is 11.1 Å². The molecule has 0 amide bonds. The standard InChI is InChI=1S/C17H13I/c18-12-11-15-16(13-7-3-1-4-8-13)17(15)14-9-5-2-6-10-14/h1-12,15H/b12-11+. The van der Waals surface area contributed by atoms with Gasteiger partial charge in [0.15, 0.2) is 0 Å². The largest absolute Gasteiger partial charge is 0.0665 e. The SMILES string of the molecule is I/C=C/C1C(c2ccccc2)=C1c1ccccc1. The Balaban J connectivity index is 2.02. The molecule has 2 aromatic rings. The number of rotatable bonds is 3. The van der Waals surface area contributed by atoms with Crippen molar-refractivity contribution in [2.75, 3.05) is 0 Å². The van der Waals surface area contributed by atoms with Gasteiger partial charge in [0.05, 0.1) is 0 Å². The Morgan fingerprint density at radius 2 is 1.17 bits per heavy atom. The van der Waals surface area contributed by atoms with Gasteiger partial charge in [-0.15, -0.1) is 0 Å². The fourth-order valence-electron chi connectivity index (χ4n) is 2.41. The van der Waals surface area contributed by atoms with Crippen LogP contribution < -0.4 is 0 Å². The zero-order valence-corrected chi connectivity index (χ0v) is 12.0. The van der Waals surface area contributed by atoms with Gasteiger partial charge in [-0.2, -0.15) is 0 Å². The Labute approximate surface area is 121 Å². The summed E-state index contributed by atoms with van der Waals surface area (Å²) in [5.74, 6) is 0.492. The maximum atomic E-state index is 2.29. The van der Waals surface area contributed by atoms with Crippen LogP contribution in [-0.2, 0) is 0 Å². The average molecular weight is 344 g/mol. The van der Waals surface area contributed by atoms with E-state index in [9.17, 15) is 0 Å². The second-order valence-corrected chi connectivity index (χ2v) is 5.07. The Kier molecular flexibility index (Phi) is 3.33. The number of allylic oxidation sites excluding steroid dienone is 3. The molecule has 0 unspecified atom stereocenters. The van der Waals surface area contributed by atoms with E-state index >= 15 is 0 Å². The van der Waals surface area contributed by atoms with Gasteiger partial charge in [0.25, 0.3) is 0 Å². The first kappa shape index (κ1) is 11.7. The third kappa shape index (κ3) is 2.15. The summed E-state index contributed by atoms with van der Waals surface area (Å²) < 4.78 is 2.11. The minimum atomic E-state index is 0.492. The number of halogens is 1. The summed E-state index contributed by atoms with van der Waals surface area (Å²) >= 11 is 2.29. The van der Waals surface area contributed by atoms with Crippen LogP contribution in [-0.4, -0.2) is 0 Å². The molecule has 0 bridgehead atoms. The molecule has 18 heavy (non-hydrogen) atoms. The van der Waals surface area contributed by atoms with Gasteiger partial charge in [0, 0.05) is 5.92 Å². The highest BCUT2D eigenvalue weighted by molar-refractivity contribution is 14.1. The van der Waals surface area contributed by atoms with Crippen molar-refractivity contribution in [1.82, 2.24) is 0 Å². The van der Waals surface area contributed by atoms with Crippen molar-refractivity contribution in [2.45, 2.75) is 0 Å². The second-order valence-electron chi connectivity index (χ2n) is 4.36. The zero-order chi connectivity index (χ0) is 12.4. The Morgan fingerprint density at radius 3 is 1.56 bits per heavy atom. The summed E-state index contributed by atoms with van der Waals surface area (Å²) in [6.07, 6.45) is 2.27. The summed E-state index contributed by atoms with van der Waals surface area (Å²) in [6.45, 7) is 0. The Morgan fingerprint density at radius 1 is 0.722 bits per heavy atom. The molecule has 0 fully saturated rings. The molecule has 0 spiro atoms. The van der Waals surface area contributed by atoms with Gasteiger partial charge in [0.2, 0.25) is 0 Å². The minimum absolute atomic E-state index is 0.492. The van der Waals surface area contributed by atoms with Crippen LogP contribution in [0.5, 0.6) is 0 Å². The highest BCUT2D eigenvalue weighted by Gasteiger charge is 2.35. The van der Waals surface area contributed by atoms with E-state index in [2.05, 4.69) is 93.4 Å². The van der Waals surface area contributed by atoms with Crippen LogP contribution in [0.25, 0.3) is 11.1 Å². The van der Waals surface area contributed by atoms with Crippen LogP contribution in [0.4, 0.5) is 0 Å². The molecule has 0 aliphatic heterocycles. The van der Waals surface area contributed by atoms with E-state index in [4.69, 9.17) is 0 Å². The molecule has 1 aliphatic carbocycles. The van der Waals surface area contributed by atoms with Crippen LogP contribution in [0.15, 0.2) is 70.8 Å². The predicted molar refractivity (Wildman–Crippen MR) is 86.3 cm³/mol. The summed E-state index contributed by atoms with van der Waals surface area (Å²) in [6, 6.07) is 21.3. The van der Waals surface area contributed by atoms with E-state index in [-0.39, 0.29) is 0 Å². The topological polar surface area (TPSA) is 0 Å². The average Bonchev–Trinajstić information content (AvgIpc) is 3.15. The summed E-state index contributed by atoms with van der Waals surface area (Å²) in [4.78, 5) is 0. The molecule has 0 nitrogen and oxygen atoms in total. The normalized spacial score (nSPS) is 15.4. The van der Waals surface area contributed by atoms with Gasteiger partial charge in [0.1, 0.15) is 0 Å². The maximum Gasteiger partial charge on any atom is 0.0295 e. The molecule has 0 atom stereocenters. The van der Waals surface area contributed by atoms with Crippen molar-refractivity contribution >= 4 is 33.7 Å². The van der Waals surface area contributed by atoms with Crippen LogP contribution in [0.3, 0.4) is 0 Å². The summed E-state index contributed by atoms with van der Waals surface area (Å²) in [5, 5.41) is 0. The fraction of sp³-hybridized carbons (Fsp3) is 0.0588. The molecule has 1 aliphatic rings. The van der Waals surface area contributed by atoms with Gasteiger partial charge in [-0.25, -0.2) is 0 Å². The zero-order valence-electron chi connectivity index (χ0n) is 9.88. The van der Waals surface area contributed by atoms with E-state index in [0.717, 1.165) is 0 Å². The van der Waals surface area contributed by atoms with Crippen molar-refractivity contribution in [3.63, 3.8) is 0 Å². The lowest BCUT2D eigenvalue weighted by atomic mass is 10.1. The van der Waals surface area contributed by atoms with Crippen molar-refractivity contribution in [2.24, 2.45) is 5.92 Å². The first-order valence-electron chi connectivity index (χ1n) is 6.03. The van der Waals surface area contributed by atoms with Gasteiger partial charge >= 0.3 is 0 Å². The highest BCUT2D eigenvalue weighted by atomic mass is 127.